The first-order valence-corrected chi connectivity index (χ1v) is 10.6. The Morgan fingerprint density at radius 2 is 1.88 bits per heavy atom. The van der Waals surface area contributed by atoms with Crippen molar-refractivity contribution in [3.8, 4) is 0 Å². The van der Waals surface area contributed by atoms with Crippen molar-refractivity contribution >= 4 is 62.1 Å². The van der Waals surface area contributed by atoms with Crippen molar-refractivity contribution in [2.75, 3.05) is 5.32 Å². The highest BCUT2D eigenvalue weighted by Gasteiger charge is 2.16. The zero-order valence-corrected chi connectivity index (χ0v) is 19.5. The predicted molar refractivity (Wildman–Crippen MR) is 130 cm³/mol. The molecule has 0 aliphatic rings. The fourth-order valence-corrected chi connectivity index (χ4v) is 3.76. The van der Waals surface area contributed by atoms with Crippen LogP contribution < -0.4 is 10.9 Å². The van der Waals surface area contributed by atoms with E-state index in [0.717, 1.165) is 5.56 Å². The van der Waals surface area contributed by atoms with Gasteiger partial charge in [0.25, 0.3) is 5.56 Å². The minimum Gasteiger partial charge on any atom is -0.390 e. The molecule has 4 rings (SSSR count). The molecule has 7 nitrogen and oxygen atoms in total. The number of hydrogen-bond donors (Lipinski definition) is 2. The zero-order chi connectivity index (χ0) is 23.0. The first-order valence-electron chi connectivity index (χ1n) is 9.88. The van der Waals surface area contributed by atoms with Gasteiger partial charge in [-0.3, -0.25) is 9.78 Å². The van der Waals surface area contributed by atoms with E-state index in [0.29, 0.717) is 48.9 Å². The normalized spacial score (nSPS) is 12.4. The summed E-state index contributed by atoms with van der Waals surface area (Å²) in [6.45, 7) is 7.57. The van der Waals surface area contributed by atoms with E-state index >= 15 is 0 Å². The topological polar surface area (TPSA) is 92.3 Å². The molecule has 0 radical (unpaired) electrons. The quantitative estimate of drug-likeness (QED) is 0.215. The smallest absolute Gasteiger partial charge is 0.256 e. The van der Waals surface area contributed by atoms with Crippen molar-refractivity contribution < 1.29 is 4.84 Å². The van der Waals surface area contributed by atoms with Crippen LogP contribution >= 0.6 is 23.2 Å². The number of halogens is 2. The molecule has 0 saturated carbocycles. The second-order valence-electron chi connectivity index (χ2n) is 8.27. The van der Waals surface area contributed by atoms with E-state index in [1.807, 2.05) is 27.7 Å². The summed E-state index contributed by atoms with van der Waals surface area (Å²) in [5.41, 5.74) is 1.83. The average Bonchev–Trinajstić information content (AvgIpc) is 2.74. The molecule has 1 aromatic carbocycles. The molecule has 9 heteroatoms. The molecule has 0 bridgehead atoms. The number of fused-ring (bicyclic) bond motifs is 3. The molecule has 0 amide bonds. The highest BCUT2D eigenvalue weighted by atomic mass is 35.5. The summed E-state index contributed by atoms with van der Waals surface area (Å²) < 4.78 is 0. The van der Waals surface area contributed by atoms with Gasteiger partial charge < -0.3 is 15.1 Å². The molecule has 4 aromatic rings. The van der Waals surface area contributed by atoms with Gasteiger partial charge in [0.15, 0.2) is 0 Å². The highest BCUT2D eigenvalue weighted by molar-refractivity contribution is 6.40. The summed E-state index contributed by atoms with van der Waals surface area (Å²) in [5.74, 6) is 0.461. The van der Waals surface area contributed by atoms with E-state index in [1.165, 1.54) is 0 Å². The maximum absolute atomic E-state index is 12.6. The number of oxime groups is 1. The molecule has 3 heterocycles. The van der Waals surface area contributed by atoms with Gasteiger partial charge in [-0.15, -0.1) is 0 Å². The Morgan fingerprint density at radius 1 is 1.16 bits per heavy atom. The number of rotatable bonds is 4. The van der Waals surface area contributed by atoms with Gasteiger partial charge in [-0.25, -0.2) is 4.98 Å². The third-order valence-corrected chi connectivity index (χ3v) is 5.27. The number of aromatic amines is 1. The van der Waals surface area contributed by atoms with Crippen molar-refractivity contribution in [1.29, 1.82) is 0 Å². The molecule has 3 aromatic heterocycles. The third kappa shape index (κ3) is 4.40. The predicted octanol–water partition coefficient (Wildman–Crippen LogP) is 6.06. The Labute approximate surface area is 194 Å². The molecule has 164 valence electrons. The van der Waals surface area contributed by atoms with Crippen LogP contribution in [0.15, 0.2) is 52.8 Å². The second kappa shape index (κ2) is 8.41. The summed E-state index contributed by atoms with van der Waals surface area (Å²) in [4.78, 5) is 29.6. The average molecular weight is 470 g/mol. The molecule has 0 aliphatic heterocycles. The first kappa shape index (κ1) is 22.0. The number of nitrogens with one attached hydrogen (secondary N) is 2. The van der Waals surface area contributed by atoms with Gasteiger partial charge in [-0.05, 0) is 52.0 Å². The first-order chi connectivity index (χ1) is 15.1. The maximum Gasteiger partial charge on any atom is 0.256 e. The number of nitrogens with zero attached hydrogens (tertiary/aromatic N) is 3. The summed E-state index contributed by atoms with van der Waals surface area (Å²) in [6, 6.07) is 7.02. The Balaban J connectivity index is 1.79. The number of H-pyrrole nitrogens is 1. The van der Waals surface area contributed by atoms with Gasteiger partial charge in [0.1, 0.15) is 11.4 Å². The number of aromatic nitrogens is 3. The van der Waals surface area contributed by atoms with Crippen LogP contribution in [0.5, 0.6) is 0 Å². The largest absolute Gasteiger partial charge is 0.390 e. The Morgan fingerprint density at radius 3 is 2.56 bits per heavy atom. The van der Waals surface area contributed by atoms with Gasteiger partial charge in [0.2, 0.25) is 0 Å². The van der Waals surface area contributed by atoms with Crippen LogP contribution in [0.1, 0.15) is 33.3 Å². The van der Waals surface area contributed by atoms with Gasteiger partial charge in [0.05, 0.1) is 32.3 Å². The lowest BCUT2D eigenvalue weighted by Gasteiger charge is -2.17. The molecule has 0 aliphatic carbocycles. The van der Waals surface area contributed by atoms with Crippen LogP contribution in [0.25, 0.3) is 21.7 Å². The van der Waals surface area contributed by atoms with E-state index in [-0.39, 0.29) is 5.56 Å². The Kier molecular flexibility index (Phi) is 5.79. The van der Waals surface area contributed by atoms with Crippen LogP contribution in [-0.4, -0.2) is 26.3 Å². The second-order valence-corrected chi connectivity index (χ2v) is 9.08. The summed E-state index contributed by atoms with van der Waals surface area (Å²) in [6.07, 6.45) is 4.82. The monoisotopic (exact) mass is 469 g/mol. The van der Waals surface area contributed by atoms with Gasteiger partial charge in [0, 0.05) is 34.9 Å². The number of benzene rings is 1. The van der Waals surface area contributed by atoms with E-state index in [1.54, 1.807) is 42.9 Å². The van der Waals surface area contributed by atoms with E-state index in [2.05, 4.69) is 25.4 Å². The third-order valence-electron chi connectivity index (χ3n) is 4.68. The molecule has 0 spiro atoms. The summed E-state index contributed by atoms with van der Waals surface area (Å²) in [5, 5.41) is 9.91. The SMILES string of the molecule is CC(=NOC(C)(C)C)c1cc(Cl)c(Nc2nc3ccncc3c3c(=O)[nH]ccc23)c(Cl)c1. The highest BCUT2D eigenvalue weighted by Crippen LogP contribution is 2.36. The number of pyridine rings is 3. The molecule has 0 atom stereocenters. The van der Waals surface area contributed by atoms with E-state index < -0.39 is 5.60 Å². The van der Waals surface area contributed by atoms with Gasteiger partial charge in [-0.2, -0.15) is 0 Å². The minimum atomic E-state index is -0.410. The Bertz CT molecular complexity index is 1400. The molecule has 2 N–H and O–H groups in total. The fourth-order valence-electron chi connectivity index (χ4n) is 3.17. The van der Waals surface area contributed by atoms with Crippen LogP contribution in [0.3, 0.4) is 0 Å². The van der Waals surface area contributed by atoms with Crippen molar-refractivity contribution in [2.24, 2.45) is 5.16 Å². The molecule has 32 heavy (non-hydrogen) atoms. The molecular weight excluding hydrogens is 449 g/mol. The van der Waals surface area contributed by atoms with Crippen molar-refractivity contribution in [1.82, 2.24) is 15.0 Å². The molecule has 0 saturated heterocycles. The summed E-state index contributed by atoms with van der Waals surface area (Å²) >= 11 is 13.1. The van der Waals surface area contributed by atoms with Crippen molar-refractivity contribution in [2.45, 2.75) is 33.3 Å². The molecule has 0 fully saturated rings. The lowest BCUT2D eigenvalue weighted by atomic mass is 10.1. The number of hydrogen-bond acceptors (Lipinski definition) is 6. The van der Waals surface area contributed by atoms with Gasteiger partial charge in [-0.1, -0.05) is 28.4 Å². The van der Waals surface area contributed by atoms with Crippen molar-refractivity contribution in [3.05, 3.63) is 68.8 Å². The summed E-state index contributed by atoms with van der Waals surface area (Å²) in [7, 11) is 0. The fraction of sp³-hybridized carbons (Fsp3) is 0.217. The standard InChI is InChI=1S/C23H21Cl2N5O2/c1-12(30-32-23(2,3)4)13-9-16(24)20(17(25)10-13)29-21-14-5-8-27-22(31)19(14)15-11-26-7-6-18(15)28-21/h5-11H,1-4H3,(H,27,31)(H,28,29). The van der Waals surface area contributed by atoms with Crippen LogP contribution in [-0.2, 0) is 4.84 Å². The Hall–Kier alpha value is -3.16. The molecule has 0 unspecified atom stereocenters. The zero-order valence-electron chi connectivity index (χ0n) is 18.0. The van der Waals surface area contributed by atoms with Crippen LogP contribution in [0.2, 0.25) is 10.0 Å². The van der Waals surface area contributed by atoms with Crippen LogP contribution in [0.4, 0.5) is 11.5 Å². The maximum atomic E-state index is 12.6. The minimum absolute atomic E-state index is 0.232. The lowest BCUT2D eigenvalue weighted by Crippen LogP contribution is -2.16. The lowest BCUT2D eigenvalue weighted by molar-refractivity contribution is 0.000956. The van der Waals surface area contributed by atoms with E-state index in [4.69, 9.17) is 28.0 Å². The number of anilines is 2. The van der Waals surface area contributed by atoms with Gasteiger partial charge >= 0.3 is 0 Å². The molecular formula is C23H21Cl2N5O2. The van der Waals surface area contributed by atoms with Crippen molar-refractivity contribution in [3.63, 3.8) is 0 Å². The van der Waals surface area contributed by atoms with Crippen LogP contribution in [0, 0.1) is 0 Å². The van der Waals surface area contributed by atoms with E-state index in [9.17, 15) is 4.79 Å².